The fraction of sp³-hybridized carbons (Fsp3) is 0.364. The lowest BCUT2D eigenvalue weighted by Gasteiger charge is -2.22. The van der Waals surface area contributed by atoms with Gasteiger partial charge in [0.2, 0.25) is 5.82 Å². The van der Waals surface area contributed by atoms with Crippen molar-refractivity contribution in [1.82, 2.24) is 0 Å². The van der Waals surface area contributed by atoms with Crippen LogP contribution < -0.4 is 4.74 Å². The molecule has 0 atom stereocenters. The predicted molar refractivity (Wildman–Crippen MR) is 49.3 cm³/mol. The SMILES string of the molecule is O=C(Oc1cccc(F)c1F)C1CCC1. The molecule has 1 aliphatic rings. The van der Waals surface area contributed by atoms with Crippen LogP contribution in [-0.4, -0.2) is 5.97 Å². The summed E-state index contributed by atoms with van der Waals surface area (Å²) in [5, 5.41) is 0. The summed E-state index contributed by atoms with van der Waals surface area (Å²) in [6.45, 7) is 0. The van der Waals surface area contributed by atoms with Gasteiger partial charge in [-0.3, -0.25) is 4.79 Å². The topological polar surface area (TPSA) is 26.3 Å². The number of esters is 1. The van der Waals surface area contributed by atoms with E-state index in [0.29, 0.717) is 0 Å². The fourth-order valence-corrected chi connectivity index (χ4v) is 1.40. The molecule has 2 nitrogen and oxygen atoms in total. The molecule has 1 aliphatic carbocycles. The largest absolute Gasteiger partial charge is 0.423 e. The zero-order valence-corrected chi connectivity index (χ0v) is 8.00. The third-order valence-electron chi connectivity index (χ3n) is 2.57. The molecule has 1 fully saturated rings. The van der Waals surface area contributed by atoms with Gasteiger partial charge in [0, 0.05) is 0 Å². The summed E-state index contributed by atoms with van der Waals surface area (Å²) in [5.74, 6) is -3.05. The molecule has 1 aromatic carbocycles. The van der Waals surface area contributed by atoms with Crippen molar-refractivity contribution in [3.05, 3.63) is 29.8 Å². The number of rotatable bonds is 2. The van der Waals surface area contributed by atoms with Gasteiger partial charge in [0.15, 0.2) is 11.6 Å². The Morgan fingerprint density at radius 1 is 1.33 bits per heavy atom. The number of halogens is 2. The fourth-order valence-electron chi connectivity index (χ4n) is 1.40. The predicted octanol–water partition coefficient (Wildman–Crippen LogP) is 2.67. The molecule has 0 spiro atoms. The summed E-state index contributed by atoms with van der Waals surface area (Å²) in [6.07, 6.45) is 2.54. The Balaban J connectivity index is 2.09. The van der Waals surface area contributed by atoms with Gasteiger partial charge in [-0.2, -0.15) is 4.39 Å². The van der Waals surface area contributed by atoms with Crippen LogP contribution in [-0.2, 0) is 4.79 Å². The number of hydrogen-bond donors (Lipinski definition) is 0. The number of carbonyl (C=O) groups is 1. The van der Waals surface area contributed by atoms with E-state index in [1.807, 2.05) is 0 Å². The third-order valence-corrected chi connectivity index (χ3v) is 2.57. The van der Waals surface area contributed by atoms with Gasteiger partial charge in [-0.15, -0.1) is 0 Å². The van der Waals surface area contributed by atoms with Crippen LogP contribution in [0, 0.1) is 17.6 Å². The van der Waals surface area contributed by atoms with Gasteiger partial charge >= 0.3 is 5.97 Å². The van der Waals surface area contributed by atoms with Crippen LogP contribution >= 0.6 is 0 Å². The van der Waals surface area contributed by atoms with E-state index in [1.54, 1.807) is 0 Å². The third kappa shape index (κ3) is 1.98. The van der Waals surface area contributed by atoms with Gasteiger partial charge in [-0.1, -0.05) is 12.5 Å². The molecule has 0 saturated heterocycles. The Hall–Kier alpha value is -1.45. The first-order valence-electron chi connectivity index (χ1n) is 4.84. The quantitative estimate of drug-likeness (QED) is 0.556. The summed E-state index contributed by atoms with van der Waals surface area (Å²) >= 11 is 0. The van der Waals surface area contributed by atoms with Crippen molar-refractivity contribution >= 4 is 5.97 Å². The van der Waals surface area contributed by atoms with Crippen LogP contribution in [0.4, 0.5) is 8.78 Å². The number of benzene rings is 1. The molecule has 0 heterocycles. The smallest absolute Gasteiger partial charge is 0.314 e. The van der Waals surface area contributed by atoms with Crippen LogP contribution in [0.2, 0.25) is 0 Å². The van der Waals surface area contributed by atoms with Crippen molar-refractivity contribution in [1.29, 1.82) is 0 Å². The molecule has 80 valence electrons. The molecule has 1 saturated carbocycles. The Morgan fingerprint density at radius 2 is 2.07 bits per heavy atom. The van der Waals surface area contributed by atoms with Crippen molar-refractivity contribution in [2.75, 3.05) is 0 Å². The van der Waals surface area contributed by atoms with Crippen LogP contribution in [0.15, 0.2) is 18.2 Å². The maximum absolute atomic E-state index is 13.1. The van der Waals surface area contributed by atoms with Gasteiger partial charge in [0.1, 0.15) is 0 Å². The Kier molecular flexibility index (Phi) is 2.66. The first-order chi connectivity index (χ1) is 7.18. The Bertz CT molecular complexity index is 386. The van der Waals surface area contributed by atoms with Crippen molar-refractivity contribution in [2.45, 2.75) is 19.3 Å². The van der Waals surface area contributed by atoms with Gasteiger partial charge in [-0.05, 0) is 25.0 Å². The Labute approximate surface area is 85.9 Å². The van der Waals surface area contributed by atoms with Crippen LogP contribution in [0.3, 0.4) is 0 Å². The molecule has 1 aromatic rings. The number of hydrogen-bond acceptors (Lipinski definition) is 2. The van der Waals surface area contributed by atoms with Gasteiger partial charge in [0.25, 0.3) is 0 Å². The highest BCUT2D eigenvalue weighted by molar-refractivity contribution is 5.75. The lowest BCUT2D eigenvalue weighted by molar-refractivity contribution is -0.141. The van der Waals surface area contributed by atoms with E-state index in [0.717, 1.165) is 25.3 Å². The summed E-state index contributed by atoms with van der Waals surface area (Å²) < 4.78 is 30.6. The van der Waals surface area contributed by atoms with Crippen LogP contribution in [0.25, 0.3) is 0 Å². The van der Waals surface area contributed by atoms with E-state index in [-0.39, 0.29) is 11.7 Å². The standard InChI is InChI=1S/C11H10F2O2/c12-8-5-2-6-9(10(8)13)15-11(14)7-3-1-4-7/h2,5-7H,1,3-4H2. The van der Waals surface area contributed by atoms with Gasteiger partial charge in [-0.25, -0.2) is 4.39 Å². The van der Waals surface area contributed by atoms with E-state index in [2.05, 4.69) is 0 Å². The van der Waals surface area contributed by atoms with Crippen molar-refractivity contribution in [3.8, 4) is 5.75 Å². The zero-order chi connectivity index (χ0) is 10.8. The lowest BCUT2D eigenvalue weighted by atomic mass is 9.86. The molecule has 0 N–H and O–H groups in total. The summed E-state index contributed by atoms with van der Waals surface area (Å²) in [7, 11) is 0. The lowest BCUT2D eigenvalue weighted by Crippen LogP contribution is -2.26. The highest BCUT2D eigenvalue weighted by atomic mass is 19.2. The molecule has 0 radical (unpaired) electrons. The maximum Gasteiger partial charge on any atom is 0.314 e. The number of ether oxygens (including phenoxy) is 1. The minimum Gasteiger partial charge on any atom is -0.423 e. The molecular formula is C11H10F2O2. The summed E-state index contributed by atoms with van der Waals surface area (Å²) in [5.41, 5.74) is 0. The minimum atomic E-state index is -1.11. The molecule has 4 heteroatoms. The first kappa shape index (κ1) is 10.1. The second kappa shape index (κ2) is 3.96. The molecule has 2 rings (SSSR count). The van der Waals surface area contributed by atoms with E-state index in [1.165, 1.54) is 12.1 Å². The first-order valence-corrected chi connectivity index (χ1v) is 4.84. The van der Waals surface area contributed by atoms with E-state index in [4.69, 9.17) is 4.74 Å². The second-order valence-corrected chi connectivity index (χ2v) is 3.60. The normalized spacial score (nSPS) is 15.9. The second-order valence-electron chi connectivity index (χ2n) is 3.60. The van der Waals surface area contributed by atoms with Gasteiger partial charge in [0.05, 0.1) is 5.92 Å². The number of carbonyl (C=O) groups excluding carboxylic acids is 1. The zero-order valence-electron chi connectivity index (χ0n) is 8.00. The molecule has 0 unspecified atom stereocenters. The molecular weight excluding hydrogens is 202 g/mol. The minimum absolute atomic E-state index is 0.146. The monoisotopic (exact) mass is 212 g/mol. The molecule has 0 aliphatic heterocycles. The molecule has 0 bridgehead atoms. The average molecular weight is 212 g/mol. The van der Waals surface area contributed by atoms with E-state index >= 15 is 0 Å². The van der Waals surface area contributed by atoms with Crippen LogP contribution in [0.1, 0.15) is 19.3 Å². The summed E-state index contributed by atoms with van der Waals surface area (Å²) in [6, 6.07) is 3.53. The van der Waals surface area contributed by atoms with Crippen molar-refractivity contribution in [3.63, 3.8) is 0 Å². The van der Waals surface area contributed by atoms with E-state index in [9.17, 15) is 13.6 Å². The molecule has 15 heavy (non-hydrogen) atoms. The Morgan fingerprint density at radius 3 is 2.67 bits per heavy atom. The molecule has 0 amide bonds. The molecule has 0 aromatic heterocycles. The van der Waals surface area contributed by atoms with Gasteiger partial charge < -0.3 is 4.74 Å². The van der Waals surface area contributed by atoms with E-state index < -0.39 is 17.6 Å². The van der Waals surface area contributed by atoms with Crippen LogP contribution in [0.5, 0.6) is 5.75 Å². The highest BCUT2D eigenvalue weighted by Gasteiger charge is 2.28. The summed E-state index contributed by atoms with van der Waals surface area (Å²) in [4.78, 5) is 11.3. The highest BCUT2D eigenvalue weighted by Crippen LogP contribution is 2.29. The maximum atomic E-state index is 13.1. The van der Waals surface area contributed by atoms with Crippen molar-refractivity contribution < 1.29 is 18.3 Å². The average Bonchev–Trinajstić information content (AvgIpc) is 2.10. The van der Waals surface area contributed by atoms with Crippen molar-refractivity contribution in [2.24, 2.45) is 5.92 Å².